The lowest BCUT2D eigenvalue weighted by molar-refractivity contribution is -0.133. The highest BCUT2D eigenvalue weighted by Crippen LogP contribution is 2.25. The number of rotatable bonds is 2. The van der Waals surface area contributed by atoms with Crippen molar-refractivity contribution in [3.8, 4) is 0 Å². The second-order valence-corrected chi connectivity index (χ2v) is 5.04. The van der Waals surface area contributed by atoms with E-state index in [9.17, 15) is 9.59 Å². The Hall–Kier alpha value is -2.11. The molecule has 0 aliphatic carbocycles. The van der Waals surface area contributed by atoms with Crippen molar-refractivity contribution in [1.29, 1.82) is 0 Å². The van der Waals surface area contributed by atoms with Crippen LogP contribution in [-0.4, -0.2) is 16.8 Å². The second-order valence-electron chi connectivity index (χ2n) is 4.20. The normalized spacial score (nSPS) is 10.0. The van der Waals surface area contributed by atoms with Gasteiger partial charge in [0.15, 0.2) is 0 Å². The summed E-state index contributed by atoms with van der Waals surface area (Å²) in [6, 6.07) is 8.06. The number of pyridine rings is 1. The molecule has 0 fully saturated rings. The predicted octanol–water partition coefficient (Wildman–Crippen LogP) is 3.27. The quantitative estimate of drug-likeness (QED) is 0.833. The van der Waals surface area contributed by atoms with Crippen LogP contribution < -0.4 is 10.6 Å². The van der Waals surface area contributed by atoms with Crippen LogP contribution in [0.2, 0.25) is 10.0 Å². The van der Waals surface area contributed by atoms with E-state index < -0.39 is 11.8 Å². The third kappa shape index (κ3) is 3.93. The summed E-state index contributed by atoms with van der Waals surface area (Å²) in [6.07, 6.45) is 1.52. The molecule has 0 radical (unpaired) electrons. The minimum absolute atomic E-state index is 0.248. The molecule has 1 aromatic carbocycles. The number of carbonyl (C=O) groups excluding carboxylic acids is 2. The van der Waals surface area contributed by atoms with Crippen molar-refractivity contribution in [3.63, 3.8) is 0 Å². The minimum Gasteiger partial charge on any atom is -0.316 e. The van der Waals surface area contributed by atoms with E-state index in [0.29, 0.717) is 16.5 Å². The van der Waals surface area contributed by atoms with Gasteiger partial charge < -0.3 is 10.6 Å². The highest BCUT2D eigenvalue weighted by Gasteiger charge is 2.16. The van der Waals surface area contributed by atoms with Crippen LogP contribution in [0.3, 0.4) is 0 Å². The van der Waals surface area contributed by atoms with Gasteiger partial charge in [0.25, 0.3) is 0 Å². The largest absolute Gasteiger partial charge is 0.316 e. The zero-order valence-electron chi connectivity index (χ0n) is 11.0. The molecule has 1 aromatic heterocycles. The second kappa shape index (κ2) is 6.56. The lowest BCUT2D eigenvalue weighted by Gasteiger charge is -2.08. The van der Waals surface area contributed by atoms with Crippen molar-refractivity contribution in [2.24, 2.45) is 0 Å². The number of aromatic nitrogens is 1. The summed E-state index contributed by atoms with van der Waals surface area (Å²) in [4.78, 5) is 27.6. The van der Waals surface area contributed by atoms with Crippen molar-refractivity contribution < 1.29 is 9.59 Å². The molecule has 2 amide bonds. The lowest BCUT2D eigenvalue weighted by Crippen LogP contribution is -2.29. The van der Waals surface area contributed by atoms with Gasteiger partial charge in [0.1, 0.15) is 5.82 Å². The molecule has 0 aliphatic rings. The van der Waals surface area contributed by atoms with Gasteiger partial charge in [-0.2, -0.15) is 0 Å². The van der Waals surface area contributed by atoms with Crippen LogP contribution in [0.1, 0.15) is 5.56 Å². The Labute approximate surface area is 131 Å². The van der Waals surface area contributed by atoms with E-state index in [1.165, 1.54) is 18.3 Å². The molecule has 2 rings (SSSR count). The van der Waals surface area contributed by atoms with Gasteiger partial charge in [0, 0.05) is 11.2 Å². The first kappa shape index (κ1) is 15.3. The summed E-state index contributed by atoms with van der Waals surface area (Å²) in [5.74, 6) is -1.34. The fourth-order valence-electron chi connectivity index (χ4n) is 1.55. The van der Waals surface area contributed by atoms with E-state index in [1.54, 1.807) is 25.1 Å². The SMILES string of the molecule is Cc1cccnc1NC(=O)C(=O)Nc1ccc(Cl)cc1Cl. The van der Waals surface area contributed by atoms with Crippen molar-refractivity contribution in [1.82, 2.24) is 4.98 Å². The third-order valence-electron chi connectivity index (χ3n) is 2.63. The maximum absolute atomic E-state index is 11.8. The van der Waals surface area contributed by atoms with Crippen LogP contribution in [0.5, 0.6) is 0 Å². The molecule has 5 nitrogen and oxygen atoms in total. The van der Waals surface area contributed by atoms with Gasteiger partial charge >= 0.3 is 11.8 Å². The summed E-state index contributed by atoms with van der Waals surface area (Å²) in [7, 11) is 0. The number of hydrogen-bond acceptors (Lipinski definition) is 3. The van der Waals surface area contributed by atoms with Gasteiger partial charge in [-0.25, -0.2) is 4.98 Å². The van der Waals surface area contributed by atoms with Crippen LogP contribution in [0, 0.1) is 6.92 Å². The number of carbonyl (C=O) groups is 2. The van der Waals surface area contributed by atoms with E-state index >= 15 is 0 Å². The monoisotopic (exact) mass is 323 g/mol. The van der Waals surface area contributed by atoms with Crippen LogP contribution >= 0.6 is 23.2 Å². The van der Waals surface area contributed by atoms with Crippen molar-refractivity contribution in [2.45, 2.75) is 6.92 Å². The van der Waals surface area contributed by atoms with Crippen LogP contribution in [-0.2, 0) is 9.59 Å². The standard InChI is InChI=1S/C14H11Cl2N3O2/c1-8-3-2-6-17-12(8)19-14(21)13(20)18-11-5-4-9(15)7-10(11)16/h2-7H,1H3,(H,18,20)(H,17,19,21). The molecular weight excluding hydrogens is 313 g/mol. The molecule has 2 aromatic rings. The van der Waals surface area contributed by atoms with Gasteiger partial charge in [0.05, 0.1) is 10.7 Å². The first-order valence-electron chi connectivity index (χ1n) is 5.96. The Morgan fingerprint density at radius 2 is 1.81 bits per heavy atom. The predicted molar refractivity (Wildman–Crippen MR) is 82.7 cm³/mol. The summed E-state index contributed by atoms with van der Waals surface area (Å²) < 4.78 is 0. The molecule has 21 heavy (non-hydrogen) atoms. The Balaban J connectivity index is 2.06. The molecule has 0 bridgehead atoms. The minimum atomic E-state index is -0.843. The molecule has 0 saturated heterocycles. The van der Waals surface area contributed by atoms with Gasteiger partial charge in [-0.1, -0.05) is 29.3 Å². The maximum Gasteiger partial charge on any atom is 0.315 e. The highest BCUT2D eigenvalue weighted by molar-refractivity contribution is 6.45. The summed E-state index contributed by atoms with van der Waals surface area (Å²) in [5, 5.41) is 5.52. The van der Waals surface area contributed by atoms with Gasteiger partial charge in [-0.15, -0.1) is 0 Å². The van der Waals surface area contributed by atoms with Crippen LogP contribution in [0.15, 0.2) is 36.5 Å². The van der Waals surface area contributed by atoms with Crippen LogP contribution in [0.4, 0.5) is 11.5 Å². The van der Waals surface area contributed by atoms with Crippen molar-refractivity contribution >= 4 is 46.5 Å². The molecule has 0 unspecified atom stereocenters. The molecule has 0 aliphatic heterocycles. The number of anilines is 2. The van der Waals surface area contributed by atoms with E-state index in [-0.39, 0.29) is 5.02 Å². The number of hydrogen-bond donors (Lipinski definition) is 2. The Morgan fingerprint density at radius 1 is 1.10 bits per heavy atom. The third-order valence-corrected chi connectivity index (χ3v) is 3.17. The molecule has 0 saturated carbocycles. The molecular formula is C14H11Cl2N3O2. The zero-order valence-corrected chi connectivity index (χ0v) is 12.5. The number of aryl methyl sites for hydroxylation is 1. The summed E-state index contributed by atoms with van der Waals surface area (Å²) in [6.45, 7) is 1.77. The van der Waals surface area contributed by atoms with E-state index in [4.69, 9.17) is 23.2 Å². The molecule has 0 spiro atoms. The Bertz CT molecular complexity index is 704. The van der Waals surface area contributed by atoms with Crippen molar-refractivity contribution in [3.05, 3.63) is 52.1 Å². The summed E-state index contributed by atoms with van der Waals surface area (Å²) in [5.41, 5.74) is 1.06. The van der Waals surface area contributed by atoms with Gasteiger partial charge in [0.2, 0.25) is 0 Å². The van der Waals surface area contributed by atoms with Gasteiger partial charge in [-0.05, 0) is 36.8 Å². The topological polar surface area (TPSA) is 71.1 Å². The maximum atomic E-state index is 11.8. The van der Waals surface area contributed by atoms with E-state index in [2.05, 4.69) is 15.6 Å². The molecule has 2 N–H and O–H groups in total. The number of nitrogens with zero attached hydrogens (tertiary/aromatic N) is 1. The number of nitrogens with one attached hydrogen (secondary N) is 2. The first-order valence-corrected chi connectivity index (χ1v) is 6.72. The molecule has 108 valence electrons. The lowest BCUT2D eigenvalue weighted by atomic mass is 10.3. The smallest absolute Gasteiger partial charge is 0.315 e. The van der Waals surface area contributed by atoms with Crippen molar-refractivity contribution in [2.75, 3.05) is 10.6 Å². The van der Waals surface area contributed by atoms with E-state index in [0.717, 1.165) is 5.56 Å². The molecule has 1 heterocycles. The Kier molecular flexibility index (Phi) is 4.77. The highest BCUT2D eigenvalue weighted by atomic mass is 35.5. The zero-order chi connectivity index (χ0) is 15.4. The number of amides is 2. The number of benzene rings is 1. The Morgan fingerprint density at radius 3 is 2.48 bits per heavy atom. The van der Waals surface area contributed by atoms with E-state index in [1.807, 2.05) is 0 Å². The average Bonchev–Trinajstić information content (AvgIpc) is 2.44. The summed E-state index contributed by atoms with van der Waals surface area (Å²) >= 11 is 11.7. The first-order chi connectivity index (χ1) is 9.97. The molecule has 7 heteroatoms. The fourth-order valence-corrected chi connectivity index (χ4v) is 2.01. The van der Waals surface area contributed by atoms with Crippen LogP contribution in [0.25, 0.3) is 0 Å². The molecule has 0 atom stereocenters. The number of halogens is 2. The fraction of sp³-hybridized carbons (Fsp3) is 0.0714. The van der Waals surface area contributed by atoms with Gasteiger partial charge in [-0.3, -0.25) is 9.59 Å². The average molecular weight is 324 g/mol.